The quantitative estimate of drug-likeness (QED) is 0.897. The highest BCUT2D eigenvalue weighted by Gasteiger charge is 2.29. The van der Waals surface area contributed by atoms with Crippen LogP contribution in [0.5, 0.6) is 0 Å². The van der Waals surface area contributed by atoms with Crippen LogP contribution in [0.15, 0.2) is 5.38 Å². The lowest BCUT2D eigenvalue weighted by Crippen LogP contribution is -2.49. The van der Waals surface area contributed by atoms with Gasteiger partial charge in [-0.3, -0.25) is 4.79 Å². The second-order valence-corrected chi connectivity index (χ2v) is 7.20. The topological polar surface area (TPSA) is 66.3 Å². The average Bonchev–Trinajstić information content (AvgIpc) is 3.17. The number of carbonyl (C=O) groups excluding carboxylic acids is 1. The van der Waals surface area contributed by atoms with Crippen molar-refractivity contribution in [1.29, 1.82) is 0 Å². The van der Waals surface area contributed by atoms with Crippen LogP contribution in [0.25, 0.3) is 0 Å². The maximum absolute atomic E-state index is 13.0. The van der Waals surface area contributed by atoms with E-state index in [1.54, 1.807) is 11.3 Å². The third-order valence-corrected chi connectivity index (χ3v) is 5.64. The van der Waals surface area contributed by atoms with Gasteiger partial charge in [0, 0.05) is 44.6 Å². The third-order valence-electron chi connectivity index (χ3n) is 4.62. The molecule has 0 aliphatic carbocycles. The van der Waals surface area contributed by atoms with Crippen LogP contribution >= 0.6 is 11.3 Å². The smallest absolute Gasteiger partial charge is 0.259 e. The molecule has 1 amide bonds. The number of thiazole rings is 1. The fourth-order valence-electron chi connectivity index (χ4n) is 3.36. The molecular weight excluding hydrogens is 324 g/mol. The number of amides is 1. The minimum atomic E-state index is 0.0955. The van der Waals surface area contributed by atoms with Crippen LogP contribution in [0.1, 0.15) is 28.2 Å². The van der Waals surface area contributed by atoms with E-state index in [0.717, 1.165) is 73.6 Å². The lowest BCUT2D eigenvalue weighted by atomic mass is 10.1. The molecule has 2 aromatic heterocycles. The maximum atomic E-state index is 13.0. The first-order valence-electron chi connectivity index (χ1n) is 8.41. The molecule has 7 nitrogen and oxygen atoms in total. The van der Waals surface area contributed by atoms with Crippen molar-refractivity contribution in [3.8, 4) is 0 Å². The van der Waals surface area contributed by atoms with Crippen molar-refractivity contribution in [3.05, 3.63) is 22.3 Å². The predicted molar refractivity (Wildman–Crippen MR) is 95.0 cm³/mol. The fraction of sp³-hybridized carbons (Fsp3) is 0.562. The molecule has 2 aliphatic heterocycles. The molecule has 1 fully saturated rings. The van der Waals surface area contributed by atoms with Gasteiger partial charge in [0.1, 0.15) is 11.4 Å². The molecule has 0 aromatic carbocycles. The maximum Gasteiger partial charge on any atom is 0.259 e. The van der Waals surface area contributed by atoms with E-state index in [1.165, 1.54) is 0 Å². The van der Waals surface area contributed by atoms with Gasteiger partial charge in [0.15, 0.2) is 5.13 Å². The molecule has 0 spiro atoms. The molecule has 0 bridgehead atoms. The van der Waals surface area contributed by atoms with E-state index in [-0.39, 0.29) is 5.91 Å². The number of nitrogens with one attached hydrogen (secondary N) is 1. The number of anilines is 2. The van der Waals surface area contributed by atoms with Gasteiger partial charge in [-0.25, -0.2) is 9.67 Å². The number of nitrogens with zero attached hydrogens (tertiary/aromatic N) is 5. The molecule has 24 heavy (non-hydrogen) atoms. The summed E-state index contributed by atoms with van der Waals surface area (Å²) in [7, 11) is 0. The number of aryl methyl sites for hydroxylation is 3. The summed E-state index contributed by atoms with van der Waals surface area (Å²) in [6.07, 6.45) is 1.05. The third kappa shape index (κ3) is 2.64. The fourth-order valence-corrected chi connectivity index (χ4v) is 4.22. The van der Waals surface area contributed by atoms with E-state index < -0.39 is 0 Å². The highest BCUT2D eigenvalue weighted by molar-refractivity contribution is 7.13. The van der Waals surface area contributed by atoms with Crippen LogP contribution in [0.3, 0.4) is 0 Å². The highest BCUT2D eigenvalue weighted by Crippen LogP contribution is 2.26. The molecule has 2 aromatic rings. The van der Waals surface area contributed by atoms with Crippen molar-refractivity contribution in [2.75, 3.05) is 42.9 Å². The second kappa shape index (κ2) is 6.08. The summed E-state index contributed by atoms with van der Waals surface area (Å²) in [5.41, 5.74) is 2.62. The Balaban J connectivity index is 1.48. The Labute approximate surface area is 145 Å². The summed E-state index contributed by atoms with van der Waals surface area (Å²) in [6, 6.07) is 0. The van der Waals surface area contributed by atoms with Gasteiger partial charge in [0.2, 0.25) is 0 Å². The Hall–Kier alpha value is -2.09. The summed E-state index contributed by atoms with van der Waals surface area (Å²) in [5.74, 6) is 0.986. The van der Waals surface area contributed by atoms with E-state index >= 15 is 0 Å². The Bertz CT molecular complexity index is 759. The first-order valence-corrected chi connectivity index (χ1v) is 9.29. The molecule has 0 atom stereocenters. The van der Waals surface area contributed by atoms with Crippen molar-refractivity contribution in [1.82, 2.24) is 19.7 Å². The molecule has 4 heterocycles. The molecule has 0 saturated carbocycles. The van der Waals surface area contributed by atoms with Crippen molar-refractivity contribution in [2.24, 2.45) is 0 Å². The molecule has 2 aliphatic rings. The van der Waals surface area contributed by atoms with Gasteiger partial charge in [-0.2, -0.15) is 5.10 Å². The van der Waals surface area contributed by atoms with E-state index in [2.05, 4.69) is 25.7 Å². The highest BCUT2D eigenvalue weighted by atomic mass is 32.1. The van der Waals surface area contributed by atoms with E-state index in [4.69, 9.17) is 0 Å². The largest absolute Gasteiger partial charge is 0.370 e. The zero-order chi connectivity index (χ0) is 16.7. The van der Waals surface area contributed by atoms with Crippen LogP contribution < -0.4 is 10.2 Å². The van der Waals surface area contributed by atoms with E-state index in [0.29, 0.717) is 0 Å². The molecule has 1 saturated heterocycles. The van der Waals surface area contributed by atoms with Crippen LogP contribution in [0.4, 0.5) is 10.9 Å². The molecule has 0 radical (unpaired) electrons. The number of fused-ring (bicyclic) bond motifs is 1. The Morgan fingerprint density at radius 1 is 1.21 bits per heavy atom. The SMILES string of the molecule is Cc1csc(N2CCN(C(=O)c3c(C)nn4c3NCCC4)CC2)n1. The Morgan fingerprint density at radius 2 is 2.00 bits per heavy atom. The summed E-state index contributed by atoms with van der Waals surface area (Å²) >= 11 is 1.67. The number of hydrogen-bond acceptors (Lipinski definition) is 6. The molecular formula is C16H22N6OS. The summed E-state index contributed by atoms with van der Waals surface area (Å²) in [4.78, 5) is 21.8. The zero-order valence-corrected chi connectivity index (χ0v) is 14.9. The van der Waals surface area contributed by atoms with Crippen LogP contribution in [0.2, 0.25) is 0 Å². The van der Waals surface area contributed by atoms with Gasteiger partial charge < -0.3 is 15.1 Å². The lowest BCUT2D eigenvalue weighted by Gasteiger charge is -2.34. The lowest BCUT2D eigenvalue weighted by molar-refractivity contribution is 0.0747. The number of hydrogen-bond donors (Lipinski definition) is 1. The van der Waals surface area contributed by atoms with Crippen molar-refractivity contribution in [3.63, 3.8) is 0 Å². The van der Waals surface area contributed by atoms with Crippen molar-refractivity contribution >= 4 is 28.2 Å². The Kier molecular flexibility index (Phi) is 3.91. The van der Waals surface area contributed by atoms with Gasteiger partial charge in [0.25, 0.3) is 5.91 Å². The number of carbonyl (C=O) groups is 1. The predicted octanol–water partition coefficient (Wildman–Crippen LogP) is 1.73. The molecule has 0 unspecified atom stereocenters. The minimum absolute atomic E-state index is 0.0955. The van der Waals surface area contributed by atoms with Crippen molar-refractivity contribution in [2.45, 2.75) is 26.8 Å². The monoisotopic (exact) mass is 346 g/mol. The van der Waals surface area contributed by atoms with Gasteiger partial charge >= 0.3 is 0 Å². The summed E-state index contributed by atoms with van der Waals surface area (Å²) in [5, 5.41) is 11.0. The van der Waals surface area contributed by atoms with E-state index in [1.807, 2.05) is 23.4 Å². The molecule has 128 valence electrons. The minimum Gasteiger partial charge on any atom is -0.370 e. The van der Waals surface area contributed by atoms with Crippen LogP contribution in [-0.2, 0) is 6.54 Å². The molecule has 4 rings (SSSR count). The first-order chi connectivity index (χ1) is 11.6. The second-order valence-electron chi connectivity index (χ2n) is 6.36. The summed E-state index contributed by atoms with van der Waals surface area (Å²) < 4.78 is 1.93. The van der Waals surface area contributed by atoms with Gasteiger partial charge in [-0.15, -0.1) is 11.3 Å². The number of rotatable bonds is 2. The van der Waals surface area contributed by atoms with Gasteiger partial charge in [-0.1, -0.05) is 0 Å². The summed E-state index contributed by atoms with van der Waals surface area (Å²) in [6.45, 7) is 8.83. The number of aromatic nitrogens is 3. The van der Waals surface area contributed by atoms with Crippen LogP contribution in [0, 0.1) is 13.8 Å². The van der Waals surface area contributed by atoms with Crippen molar-refractivity contribution < 1.29 is 4.79 Å². The first kappa shape index (κ1) is 15.4. The van der Waals surface area contributed by atoms with Crippen LogP contribution in [-0.4, -0.2) is 58.3 Å². The normalized spacial score (nSPS) is 17.6. The molecule has 1 N–H and O–H groups in total. The van der Waals surface area contributed by atoms with Gasteiger partial charge in [-0.05, 0) is 20.3 Å². The number of piperazine rings is 1. The van der Waals surface area contributed by atoms with E-state index in [9.17, 15) is 4.79 Å². The average molecular weight is 346 g/mol. The Morgan fingerprint density at radius 3 is 2.71 bits per heavy atom. The van der Waals surface area contributed by atoms with Gasteiger partial charge in [0.05, 0.1) is 11.4 Å². The zero-order valence-electron chi connectivity index (χ0n) is 14.1. The molecule has 8 heteroatoms. The standard InChI is InChI=1S/C16H22N6OS/c1-11-10-24-16(18-11)21-8-6-20(7-9-21)15(23)13-12(2)19-22-5-3-4-17-14(13)22/h10,17H,3-9H2,1-2H3.